The first kappa shape index (κ1) is 10.9. The SMILES string of the molecule is NCC[C@@H](N)c1ccc(F)c(F)c1O. The van der Waals surface area contributed by atoms with E-state index in [0.29, 0.717) is 13.0 Å². The fourth-order valence-corrected chi connectivity index (χ4v) is 1.19. The first-order chi connectivity index (χ1) is 6.57. The monoisotopic (exact) mass is 202 g/mol. The van der Waals surface area contributed by atoms with Crippen LogP contribution in [0.2, 0.25) is 0 Å². The van der Waals surface area contributed by atoms with Crippen LogP contribution in [0.25, 0.3) is 0 Å². The lowest BCUT2D eigenvalue weighted by atomic mass is 10.0. The molecular weight excluding hydrogens is 190 g/mol. The third kappa shape index (κ3) is 2.00. The van der Waals surface area contributed by atoms with E-state index in [1.807, 2.05) is 0 Å². The smallest absolute Gasteiger partial charge is 0.200 e. The Morgan fingerprint density at radius 3 is 2.57 bits per heavy atom. The minimum absolute atomic E-state index is 0.175. The van der Waals surface area contributed by atoms with E-state index in [1.165, 1.54) is 6.07 Å². The van der Waals surface area contributed by atoms with E-state index in [9.17, 15) is 13.9 Å². The third-order valence-electron chi connectivity index (χ3n) is 1.98. The van der Waals surface area contributed by atoms with Crippen LogP contribution in [0.5, 0.6) is 5.75 Å². The normalized spacial score (nSPS) is 12.9. The molecule has 1 atom stereocenters. The van der Waals surface area contributed by atoms with E-state index >= 15 is 0 Å². The Morgan fingerprint density at radius 1 is 1.36 bits per heavy atom. The molecule has 0 amide bonds. The summed E-state index contributed by atoms with van der Waals surface area (Å²) in [6, 6.07) is 1.62. The van der Waals surface area contributed by atoms with E-state index < -0.39 is 23.4 Å². The van der Waals surface area contributed by atoms with Crippen molar-refractivity contribution in [3.8, 4) is 5.75 Å². The number of hydrogen-bond acceptors (Lipinski definition) is 3. The molecule has 0 saturated carbocycles. The van der Waals surface area contributed by atoms with Crippen LogP contribution < -0.4 is 11.5 Å². The molecule has 0 bridgehead atoms. The van der Waals surface area contributed by atoms with Crippen molar-refractivity contribution in [3.63, 3.8) is 0 Å². The van der Waals surface area contributed by atoms with Crippen molar-refractivity contribution in [1.29, 1.82) is 0 Å². The second kappa shape index (κ2) is 4.34. The molecule has 0 aliphatic carbocycles. The van der Waals surface area contributed by atoms with Crippen LogP contribution in [0.4, 0.5) is 8.78 Å². The highest BCUT2D eigenvalue weighted by molar-refractivity contribution is 5.36. The molecule has 0 radical (unpaired) electrons. The second-order valence-electron chi connectivity index (χ2n) is 2.98. The van der Waals surface area contributed by atoms with Crippen molar-refractivity contribution in [1.82, 2.24) is 0 Å². The highest BCUT2D eigenvalue weighted by atomic mass is 19.2. The zero-order valence-electron chi connectivity index (χ0n) is 7.50. The van der Waals surface area contributed by atoms with Crippen molar-refractivity contribution in [2.45, 2.75) is 12.5 Å². The first-order valence-corrected chi connectivity index (χ1v) is 4.20. The predicted octanol–water partition coefficient (Wildman–Crippen LogP) is 1.02. The standard InChI is InChI=1S/C9H12F2N2O/c10-6-2-1-5(7(13)3-4-12)9(14)8(6)11/h1-2,7,14H,3-4,12-13H2/t7-/m1/s1. The molecule has 14 heavy (non-hydrogen) atoms. The number of hydrogen-bond donors (Lipinski definition) is 3. The maximum absolute atomic E-state index is 12.9. The van der Waals surface area contributed by atoms with Crippen LogP contribution in [0.1, 0.15) is 18.0 Å². The van der Waals surface area contributed by atoms with Gasteiger partial charge in [0.05, 0.1) is 0 Å². The summed E-state index contributed by atoms with van der Waals surface area (Å²) in [6.45, 7) is 0.319. The number of rotatable bonds is 3. The molecule has 0 spiro atoms. The molecule has 0 aliphatic heterocycles. The second-order valence-corrected chi connectivity index (χ2v) is 2.98. The summed E-state index contributed by atoms with van der Waals surface area (Å²) in [6.07, 6.45) is 0.401. The molecule has 0 aliphatic rings. The van der Waals surface area contributed by atoms with Gasteiger partial charge in [0.15, 0.2) is 11.6 Å². The lowest BCUT2D eigenvalue weighted by molar-refractivity contribution is 0.396. The lowest BCUT2D eigenvalue weighted by Crippen LogP contribution is -2.15. The summed E-state index contributed by atoms with van der Waals surface area (Å²) in [7, 11) is 0. The highest BCUT2D eigenvalue weighted by Crippen LogP contribution is 2.28. The summed E-state index contributed by atoms with van der Waals surface area (Å²) in [4.78, 5) is 0. The molecule has 0 saturated heterocycles. The number of halogens is 2. The highest BCUT2D eigenvalue weighted by Gasteiger charge is 2.16. The van der Waals surface area contributed by atoms with Gasteiger partial charge in [0.25, 0.3) is 0 Å². The van der Waals surface area contributed by atoms with Crippen LogP contribution >= 0.6 is 0 Å². The molecule has 0 fully saturated rings. The minimum Gasteiger partial charge on any atom is -0.505 e. The average Bonchev–Trinajstić information content (AvgIpc) is 2.15. The number of aromatic hydroxyl groups is 1. The van der Waals surface area contributed by atoms with Gasteiger partial charge in [-0.2, -0.15) is 4.39 Å². The number of phenolic OH excluding ortho intramolecular Hbond substituents is 1. The molecule has 1 aromatic rings. The van der Waals surface area contributed by atoms with E-state index in [0.717, 1.165) is 6.07 Å². The number of benzene rings is 1. The fourth-order valence-electron chi connectivity index (χ4n) is 1.19. The Labute approximate surface area is 80.3 Å². The zero-order valence-corrected chi connectivity index (χ0v) is 7.50. The molecule has 0 unspecified atom stereocenters. The Kier molecular flexibility index (Phi) is 3.38. The molecule has 1 aromatic carbocycles. The van der Waals surface area contributed by atoms with E-state index in [2.05, 4.69) is 0 Å². The van der Waals surface area contributed by atoms with E-state index in [4.69, 9.17) is 11.5 Å². The van der Waals surface area contributed by atoms with Gasteiger partial charge in [0.2, 0.25) is 5.82 Å². The van der Waals surface area contributed by atoms with Crippen molar-refractivity contribution in [2.75, 3.05) is 6.54 Å². The van der Waals surface area contributed by atoms with Crippen molar-refractivity contribution in [2.24, 2.45) is 11.5 Å². The molecule has 0 aromatic heterocycles. The molecule has 5 N–H and O–H groups in total. The minimum atomic E-state index is -1.27. The maximum Gasteiger partial charge on any atom is 0.200 e. The van der Waals surface area contributed by atoms with Crippen molar-refractivity contribution in [3.05, 3.63) is 29.3 Å². The molecule has 0 heterocycles. The van der Waals surface area contributed by atoms with Gasteiger partial charge in [-0.25, -0.2) is 4.39 Å². The van der Waals surface area contributed by atoms with Gasteiger partial charge >= 0.3 is 0 Å². The van der Waals surface area contributed by atoms with E-state index in [-0.39, 0.29) is 5.56 Å². The molecule has 1 rings (SSSR count). The summed E-state index contributed by atoms with van der Waals surface area (Å²) in [5.41, 5.74) is 11.0. The van der Waals surface area contributed by atoms with Gasteiger partial charge < -0.3 is 16.6 Å². The average molecular weight is 202 g/mol. The van der Waals surface area contributed by atoms with Crippen LogP contribution in [0.15, 0.2) is 12.1 Å². The quantitative estimate of drug-likeness (QED) is 0.685. The maximum atomic E-state index is 12.9. The Balaban J connectivity index is 3.04. The predicted molar refractivity (Wildman–Crippen MR) is 48.6 cm³/mol. The zero-order chi connectivity index (χ0) is 10.7. The van der Waals surface area contributed by atoms with Gasteiger partial charge in [0.1, 0.15) is 0 Å². The van der Waals surface area contributed by atoms with E-state index in [1.54, 1.807) is 0 Å². The summed E-state index contributed by atoms with van der Waals surface area (Å²) in [5.74, 6) is -3.09. The van der Waals surface area contributed by atoms with Crippen LogP contribution in [0.3, 0.4) is 0 Å². The number of phenols is 1. The topological polar surface area (TPSA) is 72.3 Å². The third-order valence-corrected chi connectivity index (χ3v) is 1.98. The first-order valence-electron chi connectivity index (χ1n) is 4.20. The fraction of sp³-hybridized carbons (Fsp3) is 0.333. The van der Waals surface area contributed by atoms with Gasteiger partial charge in [-0.05, 0) is 19.0 Å². The van der Waals surface area contributed by atoms with Gasteiger partial charge in [0, 0.05) is 11.6 Å². The Hall–Kier alpha value is -1.20. The van der Waals surface area contributed by atoms with Gasteiger partial charge in [-0.15, -0.1) is 0 Å². The molecule has 78 valence electrons. The van der Waals surface area contributed by atoms with Crippen LogP contribution in [-0.2, 0) is 0 Å². The van der Waals surface area contributed by atoms with Gasteiger partial charge in [-0.1, -0.05) is 6.07 Å². The summed E-state index contributed by atoms with van der Waals surface area (Å²) < 4.78 is 25.5. The Morgan fingerprint density at radius 2 is 2.00 bits per heavy atom. The molecule has 5 heteroatoms. The molecule has 3 nitrogen and oxygen atoms in total. The van der Waals surface area contributed by atoms with Gasteiger partial charge in [-0.3, -0.25) is 0 Å². The van der Waals surface area contributed by atoms with Crippen molar-refractivity contribution < 1.29 is 13.9 Å². The Bertz CT molecular complexity index is 331. The summed E-state index contributed by atoms with van der Waals surface area (Å²) >= 11 is 0. The summed E-state index contributed by atoms with van der Waals surface area (Å²) in [5, 5.41) is 9.24. The van der Waals surface area contributed by atoms with Crippen LogP contribution in [0, 0.1) is 11.6 Å². The lowest BCUT2D eigenvalue weighted by Gasteiger charge is -2.12. The van der Waals surface area contributed by atoms with Crippen LogP contribution in [-0.4, -0.2) is 11.7 Å². The molecular formula is C9H12F2N2O. The number of nitrogens with two attached hydrogens (primary N) is 2. The largest absolute Gasteiger partial charge is 0.505 e. The van der Waals surface area contributed by atoms with Crippen molar-refractivity contribution >= 4 is 0 Å².